The highest BCUT2D eigenvalue weighted by molar-refractivity contribution is 7.90. The molecule has 0 atom stereocenters. The Kier molecular flexibility index (Phi) is 7.35. The molecule has 0 bridgehead atoms. The summed E-state index contributed by atoms with van der Waals surface area (Å²) < 4.78 is 34.2. The average Bonchev–Trinajstić information content (AvgIpc) is 3.08. The van der Waals surface area contributed by atoms with Crippen LogP contribution in [0, 0.1) is 0 Å². The van der Waals surface area contributed by atoms with Crippen molar-refractivity contribution >= 4 is 44.0 Å². The molecule has 32 heavy (non-hydrogen) atoms. The molecular formula is C22H25NO7S2. The van der Waals surface area contributed by atoms with Gasteiger partial charge in [-0.15, -0.1) is 11.3 Å². The summed E-state index contributed by atoms with van der Waals surface area (Å²) in [6, 6.07) is 5.63. The maximum absolute atomic E-state index is 12.7. The summed E-state index contributed by atoms with van der Waals surface area (Å²) in [7, 11) is -3.64. The number of aryl methyl sites for hydroxylation is 1. The fraction of sp³-hybridized carbons (Fsp3) is 0.409. The lowest BCUT2D eigenvalue weighted by atomic mass is 9.95. The Morgan fingerprint density at radius 3 is 2.47 bits per heavy atom. The summed E-state index contributed by atoms with van der Waals surface area (Å²) in [6.07, 6.45) is 4.22. The largest absolute Gasteiger partial charge is 0.459 e. The van der Waals surface area contributed by atoms with Gasteiger partial charge in [0.1, 0.15) is 5.00 Å². The highest BCUT2D eigenvalue weighted by atomic mass is 32.2. The minimum absolute atomic E-state index is 0.143. The number of carbonyl (C=O) groups is 3. The average molecular weight is 480 g/mol. The summed E-state index contributed by atoms with van der Waals surface area (Å²) >= 11 is 1.33. The van der Waals surface area contributed by atoms with E-state index in [1.807, 2.05) is 0 Å². The van der Waals surface area contributed by atoms with Gasteiger partial charge in [0.15, 0.2) is 16.4 Å². The second kappa shape index (κ2) is 9.83. The molecular weight excluding hydrogens is 454 g/mol. The molecule has 1 aromatic carbocycles. The zero-order valence-electron chi connectivity index (χ0n) is 18.1. The van der Waals surface area contributed by atoms with Crippen LogP contribution in [0.1, 0.15) is 57.8 Å². The lowest BCUT2D eigenvalue weighted by Crippen LogP contribution is -2.23. The van der Waals surface area contributed by atoms with Crippen LogP contribution in [0.2, 0.25) is 0 Å². The van der Waals surface area contributed by atoms with E-state index >= 15 is 0 Å². The van der Waals surface area contributed by atoms with Crippen molar-refractivity contribution in [2.45, 2.75) is 50.5 Å². The monoisotopic (exact) mass is 479 g/mol. The van der Waals surface area contributed by atoms with E-state index < -0.39 is 34.3 Å². The van der Waals surface area contributed by atoms with Gasteiger partial charge < -0.3 is 14.8 Å². The number of nitrogens with one attached hydrogen (secondary N) is 1. The fourth-order valence-corrected chi connectivity index (χ4v) is 5.64. The first-order valence-corrected chi connectivity index (χ1v) is 12.9. The number of esters is 2. The maximum Gasteiger partial charge on any atom is 0.341 e. The highest BCUT2D eigenvalue weighted by Gasteiger charge is 2.28. The van der Waals surface area contributed by atoms with E-state index in [2.05, 4.69) is 5.32 Å². The summed E-state index contributed by atoms with van der Waals surface area (Å²) in [6.45, 7) is 2.88. The molecule has 0 saturated heterocycles. The summed E-state index contributed by atoms with van der Waals surface area (Å²) in [5.74, 6) is -2.05. The Morgan fingerprint density at radius 2 is 1.78 bits per heavy atom. The number of rotatable bonds is 7. The number of anilines is 1. The Labute approximate surface area is 190 Å². The predicted molar refractivity (Wildman–Crippen MR) is 120 cm³/mol. The van der Waals surface area contributed by atoms with Crippen LogP contribution >= 0.6 is 11.3 Å². The molecule has 1 aliphatic rings. The first kappa shape index (κ1) is 23.9. The smallest absolute Gasteiger partial charge is 0.341 e. The van der Waals surface area contributed by atoms with E-state index in [1.165, 1.54) is 35.6 Å². The van der Waals surface area contributed by atoms with Gasteiger partial charge in [-0.2, -0.15) is 0 Å². The third-order valence-corrected chi connectivity index (χ3v) is 7.17. The topological polar surface area (TPSA) is 116 Å². The standard InChI is InChI=1S/C22H25NO7S2/c1-13(2)30-22(26)19-14-8-4-6-10-16(14)31-20(19)23-18(24)12-29-21(25)15-9-5-7-11-17(15)32(3,27)28/h5,7,9,11,13H,4,6,8,10,12H2,1-3H3,(H,23,24). The lowest BCUT2D eigenvalue weighted by Gasteiger charge is -2.14. The molecule has 0 aliphatic heterocycles. The number of hydrogen-bond acceptors (Lipinski definition) is 8. The number of hydrogen-bond donors (Lipinski definition) is 1. The molecule has 3 rings (SSSR count). The number of fused-ring (bicyclic) bond motifs is 1. The van der Waals surface area contributed by atoms with Gasteiger partial charge in [-0.1, -0.05) is 12.1 Å². The van der Waals surface area contributed by atoms with Gasteiger partial charge in [-0.05, 0) is 57.2 Å². The van der Waals surface area contributed by atoms with Crippen molar-refractivity contribution in [1.29, 1.82) is 0 Å². The van der Waals surface area contributed by atoms with Gasteiger partial charge in [0.25, 0.3) is 5.91 Å². The molecule has 1 aliphatic carbocycles. The summed E-state index contributed by atoms with van der Waals surface area (Å²) in [5, 5.41) is 3.03. The van der Waals surface area contributed by atoms with Crippen LogP contribution in [-0.4, -0.2) is 45.2 Å². The van der Waals surface area contributed by atoms with E-state index in [0.29, 0.717) is 10.6 Å². The molecule has 172 valence electrons. The maximum atomic E-state index is 12.7. The van der Waals surface area contributed by atoms with Gasteiger partial charge in [0.05, 0.1) is 22.1 Å². The van der Waals surface area contributed by atoms with Crippen LogP contribution in [0.25, 0.3) is 0 Å². The van der Waals surface area contributed by atoms with Crippen molar-refractivity contribution in [2.75, 3.05) is 18.2 Å². The molecule has 10 heteroatoms. The van der Waals surface area contributed by atoms with Crippen molar-refractivity contribution in [3.63, 3.8) is 0 Å². The third kappa shape index (κ3) is 5.55. The van der Waals surface area contributed by atoms with Crippen LogP contribution < -0.4 is 5.32 Å². The zero-order chi connectivity index (χ0) is 23.5. The van der Waals surface area contributed by atoms with Gasteiger partial charge in [0.2, 0.25) is 0 Å². The number of sulfone groups is 1. The predicted octanol–water partition coefficient (Wildman–Crippen LogP) is 3.39. The summed E-state index contributed by atoms with van der Waals surface area (Å²) in [4.78, 5) is 38.4. The first-order valence-electron chi connectivity index (χ1n) is 10.2. The fourth-order valence-electron chi connectivity index (χ4n) is 3.47. The molecule has 0 radical (unpaired) electrons. The van der Waals surface area contributed by atoms with Crippen LogP contribution in [0.4, 0.5) is 5.00 Å². The number of benzene rings is 1. The number of ether oxygens (including phenoxy) is 2. The van der Waals surface area contributed by atoms with Crippen LogP contribution in [0.3, 0.4) is 0 Å². The normalized spacial score (nSPS) is 13.4. The lowest BCUT2D eigenvalue weighted by molar-refractivity contribution is -0.119. The molecule has 0 fully saturated rings. The van der Waals surface area contributed by atoms with Crippen molar-refractivity contribution in [3.05, 3.63) is 45.8 Å². The number of amides is 1. The minimum atomic E-state index is -3.64. The van der Waals surface area contributed by atoms with Gasteiger partial charge in [-0.3, -0.25) is 4.79 Å². The van der Waals surface area contributed by atoms with Crippen LogP contribution in [-0.2, 0) is 36.9 Å². The van der Waals surface area contributed by atoms with Crippen molar-refractivity contribution in [2.24, 2.45) is 0 Å². The Hall–Kier alpha value is -2.72. The van der Waals surface area contributed by atoms with E-state index in [9.17, 15) is 22.8 Å². The Balaban J connectivity index is 1.74. The van der Waals surface area contributed by atoms with Gasteiger partial charge in [0, 0.05) is 11.1 Å². The number of carbonyl (C=O) groups excluding carboxylic acids is 3. The number of thiophene rings is 1. The zero-order valence-corrected chi connectivity index (χ0v) is 19.7. The highest BCUT2D eigenvalue weighted by Crippen LogP contribution is 2.38. The molecule has 0 unspecified atom stereocenters. The first-order chi connectivity index (χ1) is 15.1. The van der Waals surface area contributed by atoms with Crippen molar-refractivity contribution < 1.29 is 32.3 Å². The SMILES string of the molecule is CC(C)OC(=O)c1c(NC(=O)COC(=O)c2ccccc2S(C)(=O)=O)sc2c1CCCC2. The molecule has 2 aromatic rings. The van der Waals surface area contributed by atoms with Gasteiger partial charge >= 0.3 is 11.9 Å². The molecule has 1 N–H and O–H groups in total. The van der Waals surface area contributed by atoms with E-state index in [1.54, 1.807) is 13.8 Å². The minimum Gasteiger partial charge on any atom is -0.459 e. The Morgan fingerprint density at radius 1 is 1.09 bits per heavy atom. The molecule has 1 aromatic heterocycles. The summed E-state index contributed by atoms with van der Waals surface area (Å²) in [5.41, 5.74) is 1.12. The second-order valence-electron chi connectivity index (χ2n) is 7.76. The molecule has 1 amide bonds. The van der Waals surface area contributed by atoms with Crippen LogP contribution in [0.5, 0.6) is 0 Å². The quantitative estimate of drug-likeness (QED) is 0.605. The van der Waals surface area contributed by atoms with Crippen molar-refractivity contribution in [1.82, 2.24) is 0 Å². The Bertz CT molecular complexity index is 1150. The molecule has 0 saturated carbocycles. The van der Waals surface area contributed by atoms with E-state index in [-0.39, 0.29) is 16.6 Å². The van der Waals surface area contributed by atoms with Crippen molar-refractivity contribution in [3.8, 4) is 0 Å². The second-order valence-corrected chi connectivity index (χ2v) is 10.9. The third-order valence-electron chi connectivity index (χ3n) is 4.81. The van der Waals surface area contributed by atoms with Gasteiger partial charge in [-0.25, -0.2) is 18.0 Å². The van der Waals surface area contributed by atoms with E-state index in [0.717, 1.165) is 42.4 Å². The molecule has 0 spiro atoms. The van der Waals surface area contributed by atoms with E-state index in [4.69, 9.17) is 9.47 Å². The molecule has 8 nitrogen and oxygen atoms in total. The molecule has 1 heterocycles. The van der Waals surface area contributed by atoms with Crippen LogP contribution in [0.15, 0.2) is 29.2 Å².